The van der Waals surface area contributed by atoms with Gasteiger partial charge in [-0.15, -0.1) is 0 Å². The molecule has 0 saturated heterocycles. The van der Waals surface area contributed by atoms with Gasteiger partial charge in [-0.1, -0.05) is 30.3 Å². The fraction of sp³-hybridized carbons (Fsp3) is 0.500. The molecule has 0 aliphatic rings. The summed E-state index contributed by atoms with van der Waals surface area (Å²) < 4.78 is 0. The van der Waals surface area contributed by atoms with Crippen LogP contribution in [-0.2, 0) is 25.6 Å². The Balaban J connectivity index is 2.87. The second kappa shape index (κ2) is 13.3. The Kier molecular flexibility index (Phi) is 11.1. The molecule has 0 aromatic heterocycles. The highest BCUT2D eigenvalue weighted by atomic mass is 16.2. The molecule has 0 spiro atoms. The fourth-order valence-electron chi connectivity index (χ4n) is 2.82. The first-order chi connectivity index (χ1) is 14.2. The van der Waals surface area contributed by atoms with Gasteiger partial charge in [-0.05, 0) is 37.8 Å². The van der Waals surface area contributed by atoms with Crippen LogP contribution in [0.25, 0.3) is 0 Å². The summed E-state index contributed by atoms with van der Waals surface area (Å²) >= 11 is 0. The first kappa shape index (κ1) is 25.1. The van der Waals surface area contributed by atoms with Crippen molar-refractivity contribution in [2.24, 2.45) is 22.9 Å². The van der Waals surface area contributed by atoms with Gasteiger partial charge >= 0.3 is 0 Å². The van der Waals surface area contributed by atoms with Crippen molar-refractivity contribution in [2.45, 2.75) is 56.7 Å². The van der Waals surface area contributed by atoms with Crippen molar-refractivity contribution in [3.05, 3.63) is 35.9 Å². The Morgan fingerprint density at radius 3 is 2.07 bits per heavy atom. The van der Waals surface area contributed by atoms with Crippen LogP contribution in [-0.4, -0.2) is 48.3 Å². The number of carbonyl (C=O) groups excluding carboxylic acids is 4. The number of hydrogen-bond donors (Lipinski definition) is 6. The third-order valence-electron chi connectivity index (χ3n) is 4.56. The average molecular weight is 421 g/mol. The van der Waals surface area contributed by atoms with Crippen LogP contribution in [0.1, 0.15) is 37.7 Å². The number of nitrogens with one attached hydrogen (secondary N) is 2. The van der Waals surface area contributed by atoms with Crippen molar-refractivity contribution in [1.82, 2.24) is 10.6 Å². The van der Waals surface area contributed by atoms with Crippen LogP contribution < -0.4 is 33.6 Å². The van der Waals surface area contributed by atoms with E-state index in [9.17, 15) is 19.2 Å². The van der Waals surface area contributed by atoms with Gasteiger partial charge in [-0.2, -0.15) is 0 Å². The molecule has 1 aromatic rings. The molecule has 0 aliphatic carbocycles. The van der Waals surface area contributed by atoms with Crippen LogP contribution >= 0.6 is 0 Å². The van der Waals surface area contributed by atoms with Gasteiger partial charge in [0.15, 0.2) is 0 Å². The highest BCUT2D eigenvalue weighted by molar-refractivity contribution is 5.93. The lowest BCUT2D eigenvalue weighted by molar-refractivity contribution is -0.132. The van der Waals surface area contributed by atoms with Crippen LogP contribution in [0.4, 0.5) is 0 Å². The Labute approximate surface area is 176 Å². The smallest absolute Gasteiger partial charge is 0.243 e. The minimum absolute atomic E-state index is 0.0466. The third-order valence-corrected chi connectivity index (χ3v) is 4.56. The number of hydrogen-bond acceptors (Lipinski definition) is 6. The summed E-state index contributed by atoms with van der Waals surface area (Å²) in [6.07, 6.45) is 1.87. The van der Waals surface area contributed by atoms with Crippen molar-refractivity contribution in [1.29, 1.82) is 0 Å². The molecular formula is C20H32N6O4. The first-order valence-electron chi connectivity index (χ1n) is 9.92. The maximum absolute atomic E-state index is 12.8. The number of nitrogens with two attached hydrogens (primary N) is 4. The number of unbranched alkanes of at least 4 members (excludes halogenated alkanes) is 1. The van der Waals surface area contributed by atoms with E-state index in [0.29, 0.717) is 25.8 Å². The lowest BCUT2D eigenvalue weighted by Gasteiger charge is -2.23. The van der Waals surface area contributed by atoms with Gasteiger partial charge < -0.3 is 33.6 Å². The number of amides is 4. The summed E-state index contributed by atoms with van der Waals surface area (Å²) in [6, 6.07) is 6.22. The standard InChI is InChI=1S/C20H32N6O4/c21-11-5-4-8-15(18(24)28)25-20(30)16(12-13-6-2-1-3-7-13)26-19(29)14(22)9-10-17(23)27/h1-3,6-7,14-16H,4-5,8-12,21-22H2,(H2,23,27)(H2,24,28)(H,25,30)(H,26,29)/t14-,15-,16-/m0/s1. The Bertz CT molecular complexity index is 713. The molecule has 0 bridgehead atoms. The average Bonchev–Trinajstić information content (AvgIpc) is 2.71. The SMILES string of the molecule is NCCCC[C@H](NC(=O)[C@H](Cc1ccccc1)NC(=O)[C@@H](N)CCC(N)=O)C(N)=O. The molecule has 10 N–H and O–H groups in total. The van der Waals surface area contributed by atoms with Crippen LogP contribution in [0.15, 0.2) is 30.3 Å². The highest BCUT2D eigenvalue weighted by Gasteiger charge is 2.27. The summed E-state index contributed by atoms with van der Waals surface area (Å²) in [4.78, 5) is 47.9. The van der Waals surface area contributed by atoms with Crippen molar-refractivity contribution < 1.29 is 19.2 Å². The predicted octanol–water partition coefficient (Wildman–Crippen LogP) is -1.59. The fourth-order valence-corrected chi connectivity index (χ4v) is 2.82. The van der Waals surface area contributed by atoms with Gasteiger partial charge in [-0.3, -0.25) is 19.2 Å². The van der Waals surface area contributed by atoms with Gasteiger partial charge in [0.1, 0.15) is 12.1 Å². The normalized spacial score (nSPS) is 13.7. The molecule has 10 heteroatoms. The zero-order chi connectivity index (χ0) is 22.5. The minimum atomic E-state index is -1.000. The molecule has 1 rings (SSSR count). The van der Waals surface area contributed by atoms with Gasteiger partial charge in [0.25, 0.3) is 0 Å². The predicted molar refractivity (Wildman–Crippen MR) is 113 cm³/mol. The molecule has 166 valence electrons. The van der Waals surface area contributed by atoms with E-state index in [1.807, 2.05) is 30.3 Å². The van der Waals surface area contributed by atoms with Gasteiger partial charge in [0.2, 0.25) is 23.6 Å². The van der Waals surface area contributed by atoms with Crippen LogP contribution in [0.2, 0.25) is 0 Å². The third kappa shape index (κ3) is 9.48. The lowest BCUT2D eigenvalue weighted by atomic mass is 10.0. The number of primary amides is 2. The molecule has 0 fully saturated rings. The number of rotatable bonds is 14. The number of carbonyl (C=O) groups is 4. The van der Waals surface area contributed by atoms with E-state index in [1.165, 1.54) is 0 Å². The van der Waals surface area contributed by atoms with E-state index in [-0.39, 0.29) is 19.3 Å². The van der Waals surface area contributed by atoms with E-state index < -0.39 is 41.8 Å². The Morgan fingerprint density at radius 2 is 1.50 bits per heavy atom. The maximum atomic E-state index is 12.8. The summed E-state index contributed by atoms with van der Waals surface area (Å²) in [7, 11) is 0. The molecule has 10 nitrogen and oxygen atoms in total. The maximum Gasteiger partial charge on any atom is 0.243 e. The summed E-state index contributed by atoms with van der Waals surface area (Å²) in [5.74, 6) is -2.38. The van der Waals surface area contributed by atoms with Crippen LogP contribution in [0.3, 0.4) is 0 Å². The second-order valence-electron chi connectivity index (χ2n) is 7.11. The molecular weight excluding hydrogens is 388 g/mol. The van der Waals surface area contributed by atoms with Gasteiger partial charge in [0, 0.05) is 12.8 Å². The zero-order valence-corrected chi connectivity index (χ0v) is 17.0. The first-order valence-corrected chi connectivity index (χ1v) is 9.92. The second-order valence-corrected chi connectivity index (χ2v) is 7.11. The molecule has 0 aliphatic heterocycles. The van der Waals surface area contributed by atoms with Gasteiger partial charge in [-0.25, -0.2) is 0 Å². The van der Waals surface area contributed by atoms with E-state index in [1.54, 1.807) is 0 Å². The lowest BCUT2D eigenvalue weighted by Crippen LogP contribution is -2.56. The van der Waals surface area contributed by atoms with Crippen LogP contribution in [0, 0.1) is 0 Å². The van der Waals surface area contributed by atoms with Crippen molar-refractivity contribution in [3.63, 3.8) is 0 Å². The summed E-state index contributed by atoms with van der Waals surface area (Å²) in [6.45, 7) is 0.468. The molecule has 0 unspecified atom stereocenters. The molecule has 1 aromatic carbocycles. The molecule has 30 heavy (non-hydrogen) atoms. The topological polar surface area (TPSA) is 196 Å². The van der Waals surface area contributed by atoms with Crippen LogP contribution in [0.5, 0.6) is 0 Å². The molecule has 0 saturated carbocycles. The quantitative estimate of drug-likeness (QED) is 0.196. The monoisotopic (exact) mass is 420 g/mol. The van der Waals surface area contributed by atoms with Crippen molar-refractivity contribution >= 4 is 23.6 Å². The van der Waals surface area contributed by atoms with Gasteiger partial charge in [0.05, 0.1) is 6.04 Å². The summed E-state index contributed by atoms with van der Waals surface area (Å²) in [5, 5.41) is 5.21. The number of benzene rings is 1. The Hall–Kier alpha value is -2.98. The van der Waals surface area contributed by atoms with E-state index in [2.05, 4.69) is 10.6 Å². The molecule has 0 heterocycles. The zero-order valence-electron chi connectivity index (χ0n) is 17.0. The summed E-state index contributed by atoms with van der Waals surface area (Å²) in [5.41, 5.74) is 22.6. The largest absolute Gasteiger partial charge is 0.370 e. The van der Waals surface area contributed by atoms with Crippen molar-refractivity contribution in [2.75, 3.05) is 6.54 Å². The Morgan fingerprint density at radius 1 is 0.867 bits per heavy atom. The van der Waals surface area contributed by atoms with E-state index in [4.69, 9.17) is 22.9 Å². The van der Waals surface area contributed by atoms with Crippen molar-refractivity contribution in [3.8, 4) is 0 Å². The molecule has 4 amide bonds. The molecule has 0 radical (unpaired) electrons. The molecule has 3 atom stereocenters. The van der Waals surface area contributed by atoms with E-state index in [0.717, 1.165) is 5.56 Å². The van der Waals surface area contributed by atoms with E-state index >= 15 is 0 Å². The minimum Gasteiger partial charge on any atom is -0.370 e. The highest BCUT2D eigenvalue weighted by Crippen LogP contribution is 2.07.